The second-order valence-electron chi connectivity index (χ2n) is 3.19. The van der Waals surface area contributed by atoms with Crippen LogP contribution in [0.4, 0.5) is 0 Å². The monoisotopic (exact) mass is 172 g/mol. The maximum atomic E-state index is 5.18. The zero-order valence-corrected chi connectivity index (χ0v) is 8.08. The van der Waals surface area contributed by atoms with Crippen molar-refractivity contribution in [2.75, 3.05) is 27.2 Å². The molecule has 1 aliphatic heterocycles. The van der Waals surface area contributed by atoms with E-state index in [1.54, 1.807) is 0 Å². The largest absolute Gasteiger partial charge is 0.383 e. The van der Waals surface area contributed by atoms with Crippen LogP contribution in [0, 0.1) is 5.92 Å². The molecule has 11 heavy (non-hydrogen) atoms. The van der Waals surface area contributed by atoms with Gasteiger partial charge in [-0.3, -0.25) is 0 Å². The van der Waals surface area contributed by atoms with Crippen molar-refractivity contribution < 1.29 is 0 Å². The second kappa shape index (κ2) is 4.02. The molecule has 3 heteroatoms. The van der Waals surface area contributed by atoms with E-state index in [0.29, 0.717) is 5.92 Å². The fraction of sp³-hybridized carbons (Fsp3) is 0.875. The first-order chi connectivity index (χ1) is 5.24. The van der Waals surface area contributed by atoms with E-state index in [4.69, 9.17) is 12.2 Å². The van der Waals surface area contributed by atoms with E-state index in [0.717, 1.165) is 4.99 Å². The first kappa shape index (κ1) is 8.94. The van der Waals surface area contributed by atoms with Crippen molar-refractivity contribution in [1.29, 1.82) is 0 Å². The van der Waals surface area contributed by atoms with Crippen LogP contribution in [-0.2, 0) is 0 Å². The van der Waals surface area contributed by atoms with Gasteiger partial charge in [0, 0.05) is 13.0 Å². The van der Waals surface area contributed by atoms with Crippen LogP contribution >= 0.6 is 12.2 Å². The van der Waals surface area contributed by atoms with Gasteiger partial charge in [0.1, 0.15) is 0 Å². The van der Waals surface area contributed by atoms with Gasteiger partial charge >= 0.3 is 0 Å². The smallest absolute Gasteiger partial charge is 0.0783 e. The summed E-state index contributed by atoms with van der Waals surface area (Å²) in [7, 11) is 4.08. The van der Waals surface area contributed by atoms with E-state index in [-0.39, 0.29) is 0 Å². The molecule has 0 aromatic heterocycles. The summed E-state index contributed by atoms with van der Waals surface area (Å²) in [6, 6.07) is 0. The van der Waals surface area contributed by atoms with Crippen LogP contribution in [0.25, 0.3) is 0 Å². The third kappa shape index (κ3) is 2.42. The molecule has 1 heterocycles. The molecule has 1 rings (SSSR count). The first-order valence-electron chi connectivity index (χ1n) is 4.14. The highest BCUT2D eigenvalue weighted by Crippen LogP contribution is 2.16. The van der Waals surface area contributed by atoms with E-state index in [2.05, 4.69) is 17.3 Å². The standard InChI is InChI=1S/C8H16N2S/c1-9-8(11)7-3-5-10(2)6-4-7/h7H,3-6H2,1-2H3,(H,9,11). The fourth-order valence-electron chi connectivity index (χ4n) is 1.47. The lowest BCUT2D eigenvalue weighted by Gasteiger charge is -2.28. The Kier molecular flexibility index (Phi) is 3.27. The zero-order chi connectivity index (χ0) is 8.27. The van der Waals surface area contributed by atoms with Crippen molar-refractivity contribution in [2.24, 2.45) is 5.92 Å². The van der Waals surface area contributed by atoms with Crippen LogP contribution in [-0.4, -0.2) is 37.1 Å². The van der Waals surface area contributed by atoms with Gasteiger partial charge in [0.05, 0.1) is 4.99 Å². The molecule has 0 unspecified atom stereocenters. The quantitative estimate of drug-likeness (QED) is 0.591. The molecule has 0 aromatic rings. The van der Waals surface area contributed by atoms with E-state index >= 15 is 0 Å². The normalized spacial score (nSPS) is 21.6. The van der Waals surface area contributed by atoms with Crippen molar-refractivity contribution in [3.8, 4) is 0 Å². The molecule has 2 nitrogen and oxygen atoms in total. The Bertz CT molecular complexity index is 139. The molecule has 0 aliphatic carbocycles. The summed E-state index contributed by atoms with van der Waals surface area (Å²) in [5.74, 6) is 0.631. The van der Waals surface area contributed by atoms with E-state index < -0.39 is 0 Å². The fourth-order valence-corrected chi connectivity index (χ4v) is 1.71. The Labute approximate surface area is 74.0 Å². The molecule has 1 fully saturated rings. The van der Waals surface area contributed by atoms with Crippen LogP contribution in [0.5, 0.6) is 0 Å². The van der Waals surface area contributed by atoms with E-state index in [1.807, 2.05) is 7.05 Å². The highest BCUT2D eigenvalue weighted by Gasteiger charge is 2.19. The number of nitrogens with one attached hydrogen (secondary N) is 1. The number of thiocarbonyl (C=S) groups is 1. The van der Waals surface area contributed by atoms with Gasteiger partial charge in [0.25, 0.3) is 0 Å². The third-order valence-electron chi connectivity index (χ3n) is 2.34. The summed E-state index contributed by atoms with van der Waals surface area (Å²) in [4.78, 5) is 3.40. The Hall–Kier alpha value is -0.150. The molecular formula is C8H16N2S. The minimum Gasteiger partial charge on any atom is -0.383 e. The summed E-state index contributed by atoms with van der Waals surface area (Å²) in [6.07, 6.45) is 2.44. The SMILES string of the molecule is CNC(=S)C1CCN(C)CC1. The minimum atomic E-state index is 0.631. The summed E-state index contributed by atoms with van der Waals surface area (Å²) < 4.78 is 0. The maximum Gasteiger partial charge on any atom is 0.0783 e. The number of piperidine rings is 1. The van der Waals surface area contributed by atoms with Crippen LogP contribution in [0.15, 0.2) is 0 Å². The van der Waals surface area contributed by atoms with Gasteiger partial charge in [-0.2, -0.15) is 0 Å². The lowest BCUT2D eigenvalue weighted by Crippen LogP contribution is -2.36. The molecule has 0 saturated carbocycles. The zero-order valence-electron chi connectivity index (χ0n) is 7.26. The van der Waals surface area contributed by atoms with E-state index in [9.17, 15) is 0 Å². The average molecular weight is 172 g/mol. The predicted molar refractivity (Wildman–Crippen MR) is 51.9 cm³/mol. The lowest BCUT2D eigenvalue weighted by atomic mass is 9.97. The molecule has 64 valence electrons. The minimum absolute atomic E-state index is 0.631. The maximum absolute atomic E-state index is 5.18. The van der Waals surface area contributed by atoms with Crippen LogP contribution in [0.2, 0.25) is 0 Å². The van der Waals surface area contributed by atoms with Gasteiger partial charge in [0.2, 0.25) is 0 Å². The van der Waals surface area contributed by atoms with Crippen molar-refractivity contribution in [3.63, 3.8) is 0 Å². The second-order valence-corrected chi connectivity index (χ2v) is 3.63. The van der Waals surface area contributed by atoms with Crippen LogP contribution in [0.3, 0.4) is 0 Å². The molecule has 1 aliphatic rings. The van der Waals surface area contributed by atoms with Gasteiger partial charge in [-0.1, -0.05) is 12.2 Å². The van der Waals surface area contributed by atoms with Gasteiger partial charge in [0.15, 0.2) is 0 Å². The van der Waals surface area contributed by atoms with Crippen LogP contribution in [0.1, 0.15) is 12.8 Å². The number of rotatable bonds is 1. The van der Waals surface area contributed by atoms with Gasteiger partial charge in [-0.05, 0) is 33.0 Å². The van der Waals surface area contributed by atoms with Crippen molar-refractivity contribution in [2.45, 2.75) is 12.8 Å². The molecule has 0 radical (unpaired) electrons. The average Bonchev–Trinajstić information content (AvgIpc) is 2.05. The summed E-state index contributed by atoms with van der Waals surface area (Å²) >= 11 is 5.18. The summed E-state index contributed by atoms with van der Waals surface area (Å²) in [5.41, 5.74) is 0. The molecular weight excluding hydrogens is 156 g/mol. The highest BCUT2D eigenvalue weighted by atomic mass is 32.1. The molecule has 1 N–H and O–H groups in total. The van der Waals surface area contributed by atoms with Crippen LogP contribution < -0.4 is 5.32 Å². The molecule has 1 saturated heterocycles. The topological polar surface area (TPSA) is 15.3 Å². The molecule has 0 spiro atoms. The Morgan fingerprint density at radius 1 is 1.45 bits per heavy atom. The molecule has 0 amide bonds. The van der Waals surface area contributed by atoms with Gasteiger partial charge < -0.3 is 10.2 Å². The number of hydrogen-bond donors (Lipinski definition) is 1. The van der Waals surface area contributed by atoms with Crippen molar-refractivity contribution >= 4 is 17.2 Å². The third-order valence-corrected chi connectivity index (χ3v) is 2.87. The lowest BCUT2D eigenvalue weighted by molar-refractivity contribution is 0.252. The Balaban J connectivity index is 2.33. The number of likely N-dealkylation sites (tertiary alicyclic amines) is 1. The number of hydrogen-bond acceptors (Lipinski definition) is 2. The number of nitrogens with zero attached hydrogens (tertiary/aromatic N) is 1. The Morgan fingerprint density at radius 3 is 2.45 bits per heavy atom. The van der Waals surface area contributed by atoms with Crippen molar-refractivity contribution in [1.82, 2.24) is 10.2 Å². The summed E-state index contributed by atoms with van der Waals surface area (Å²) in [5, 5.41) is 3.06. The van der Waals surface area contributed by atoms with Crippen molar-refractivity contribution in [3.05, 3.63) is 0 Å². The highest BCUT2D eigenvalue weighted by molar-refractivity contribution is 7.80. The Morgan fingerprint density at radius 2 is 2.00 bits per heavy atom. The van der Waals surface area contributed by atoms with E-state index in [1.165, 1.54) is 25.9 Å². The molecule has 0 bridgehead atoms. The molecule has 0 aromatic carbocycles. The van der Waals surface area contributed by atoms with Gasteiger partial charge in [-0.25, -0.2) is 0 Å². The van der Waals surface area contributed by atoms with Gasteiger partial charge in [-0.15, -0.1) is 0 Å². The predicted octanol–water partition coefficient (Wildman–Crippen LogP) is 0.875. The summed E-state index contributed by atoms with van der Waals surface area (Å²) in [6.45, 7) is 2.37. The molecule has 0 atom stereocenters. The first-order valence-corrected chi connectivity index (χ1v) is 4.55.